The average molecular weight is 184 g/mol. The Morgan fingerprint density at radius 2 is 2.08 bits per heavy atom. The third-order valence-corrected chi connectivity index (χ3v) is 1.59. The summed E-state index contributed by atoms with van der Waals surface area (Å²) in [7, 11) is 0. The van der Waals surface area contributed by atoms with Crippen molar-refractivity contribution >= 4 is 30.0 Å². The number of benzene rings is 1. The molecule has 62 valence electrons. The number of hydrogen-bond donors (Lipinski definition) is 1. The Balaban J connectivity index is 3.11. The lowest BCUT2D eigenvalue weighted by molar-refractivity contribution is -0.105. The van der Waals surface area contributed by atoms with E-state index in [0.29, 0.717) is 29.0 Å². The summed E-state index contributed by atoms with van der Waals surface area (Å²) in [4.78, 5) is 20.5. The van der Waals surface area contributed by atoms with Gasteiger partial charge in [0.05, 0.1) is 5.69 Å². The van der Waals surface area contributed by atoms with E-state index in [1.54, 1.807) is 12.1 Å². The first-order valence-corrected chi connectivity index (χ1v) is 3.60. The monoisotopic (exact) mass is 183 g/mol. The molecule has 4 heteroatoms. The Morgan fingerprint density at radius 1 is 1.33 bits per heavy atom. The highest BCUT2D eigenvalue weighted by molar-refractivity contribution is 6.31. The van der Waals surface area contributed by atoms with E-state index in [4.69, 9.17) is 11.6 Å². The summed E-state index contributed by atoms with van der Waals surface area (Å²) < 4.78 is 0. The molecule has 0 unspecified atom stereocenters. The van der Waals surface area contributed by atoms with Crippen molar-refractivity contribution in [2.45, 2.75) is 0 Å². The summed E-state index contributed by atoms with van der Waals surface area (Å²) in [6.45, 7) is 0. The van der Waals surface area contributed by atoms with Crippen LogP contribution in [0.4, 0.5) is 5.69 Å². The average Bonchev–Trinajstić information content (AvgIpc) is 2.05. The van der Waals surface area contributed by atoms with Gasteiger partial charge in [-0.15, -0.1) is 0 Å². The lowest BCUT2D eigenvalue weighted by atomic mass is 10.2. The molecule has 0 aliphatic rings. The fraction of sp³-hybridized carbons (Fsp3) is 0. The van der Waals surface area contributed by atoms with Crippen LogP contribution in [0, 0.1) is 0 Å². The normalized spacial score (nSPS) is 9.08. The molecule has 0 saturated heterocycles. The number of carbonyl (C=O) groups excluding carboxylic acids is 2. The molecule has 1 amide bonds. The Kier molecular flexibility index (Phi) is 2.82. The van der Waals surface area contributed by atoms with Crippen LogP contribution in [0.1, 0.15) is 10.4 Å². The Labute approximate surface area is 74.3 Å². The quantitative estimate of drug-likeness (QED) is 0.726. The minimum atomic E-state index is 0.409. The Morgan fingerprint density at radius 3 is 2.67 bits per heavy atom. The molecule has 0 aliphatic carbocycles. The van der Waals surface area contributed by atoms with Crippen LogP contribution in [0.25, 0.3) is 0 Å². The number of nitrogens with one attached hydrogen (secondary N) is 1. The molecule has 0 spiro atoms. The van der Waals surface area contributed by atoms with Gasteiger partial charge in [0.1, 0.15) is 0 Å². The molecule has 1 N–H and O–H groups in total. The molecule has 0 heterocycles. The van der Waals surface area contributed by atoms with Gasteiger partial charge < -0.3 is 5.32 Å². The zero-order valence-corrected chi connectivity index (χ0v) is 6.84. The van der Waals surface area contributed by atoms with Crippen molar-refractivity contribution < 1.29 is 9.59 Å². The summed E-state index contributed by atoms with van der Waals surface area (Å²) >= 11 is 5.64. The molecule has 1 rings (SSSR count). The smallest absolute Gasteiger partial charge is 0.211 e. The maximum atomic E-state index is 10.4. The fourth-order valence-corrected chi connectivity index (χ4v) is 0.992. The van der Waals surface area contributed by atoms with Crippen molar-refractivity contribution in [3.8, 4) is 0 Å². The number of halogens is 1. The molecule has 0 radical (unpaired) electrons. The molecule has 12 heavy (non-hydrogen) atoms. The molecule has 0 aliphatic heterocycles. The molecule has 0 aromatic heterocycles. The first-order chi connectivity index (χ1) is 5.77. The number of anilines is 1. The van der Waals surface area contributed by atoms with Crippen LogP contribution in [-0.2, 0) is 4.79 Å². The summed E-state index contributed by atoms with van der Waals surface area (Å²) in [6, 6.07) is 4.64. The number of carbonyl (C=O) groups is 2. The number of amides is 1. The fourth-order valence-electron chi connectivity index (χ4n) is 0.820. The second-order valence-electron chi connectivity index (χ2n) is 2.11. The summed E-state index contributed by atoms with van der Waals surface area (Å²) in [6.07, 6.45) is 1.15. The number of rotatable bonds is 3. The third-order valence-electron chi connectivity index (χ3n) is 1.36. The number of hydrogen-bond acceptors (Lipinski definition) is 2. The first kappa shape index (κ1) is 8.74. The van der Waals surface area contributed by atoms with Gasteiger partial charge in [-0.05, 0) is 18.2 Å². The molecular weight excluding hydrogens is 178 g/mol. The molecule has 0 fully saturated rings. The molecule has 1 aromatic rings. The second-order valence-corrected chi connectivity index (χ2v) is 2.55. The third kappa shape index (κ3) is 1.83. The van der Waals surface area contributed by atoms with Crippen molar-refractivity contribution in [1.82, 2.24) is 0 Å². The summed E-state index contributed by atoms with van der Waals surface area (Å²) in [5.41, 5.74) is 0.832. The van der Waals surface area contributed by atoms with Gasteiger partial charge in [-0.25, -0.2) is 0 Å². The summed E-state index contributed by atoms with van der Waals surface area (Å²) in [5.74, 6) is 0. The summed E-state index contributed by atoms with van der Waals surface area (Å²) in [5, 5.41) is 2.85. The molecule has 3 nitrogen and oxygen atoms in total. The lowest BCUT2D eigenvalue weighted by Gasteiger charge is -2.01. The van der Waals surface area contributed by atoms with Gasteiger partial charge in [-0.1, -0.05) is 11.6 Å². The topological polar surface area (TPSA) is 46.2 Å². The van der Waals surface area contributed by atoms with E-state index in [0.717, 1.165) is 0 Å². The van der Waals surface area contributed by atoms with Gasteiger partial charge in [0.25, 0.3) is 0 Å². The van der Waals surface area contributed by atoms with Gasteiger partial charge in [0.15, 0.2) is 6.29 Å². The van der Waals surface area contributed by atoms with Crippen LogP contribution in [0.3, 0.4) is 0 Å². The predicted octanol–water partition coefficient (Wildman–Crippen LogP) is 1.72. The molecule has 0 bridgehead atoms. The van der Waals surface area contributed by atoms with Crippen LogP contribution in [0.15, 0.2) is 18.2 Å². The highest BCUT2D eigenvalue weighted by atomic mass is 35.5. The molecular formula is C8H6ClNO2. The van der Waals surface area contributed by atoms with Gasteiger partial charge >= 0.3 is 0 Å². The maximum Gasteiger partial charge on any atom is 0.211 e. The molecule has 1 aromatic carbocycles. The van der Waals surface area contributed by atoms with Gasteiger partial charge in [-0.3, -0.25) is 9.59 Å². The van der Waals surface area contributed by atoms with Crippen molar-refractivity contribution in [3.05, 3.63) is 28.8 Å². The Hall–Kier alpha value is -1.35. The zero-order chi connectivity index (χ0) is 8.97. The van der Waals surface area contributed by atoms with Crippen LogP contribution in [0.2, 0.25) is 5.02 Å². The van der Waals surface area contributed by atoms with Crippen molar-refractivity contribution in [2.75, 3.05) is 5.32 Å². The Bertz CT molecular complexity index is 312. The first-order valence-electron chi connectivity index (χ1n) is 3.23. The minimum absolute atomic E-state index is 0.409. The van der Waals surface area contributed by atoms with Gasteiger partial charge in [-0.2, -0.15) is 0 Å². The zero-order valence-electron chi connectivity index (χ0n) is 6.08. The molecule has 0 atom stereocenters. The van der Waals surface area contributed by atoms with E-state index >= 15 is 0 Å². The lowest BCUT2D eigenvalue weighted by Crippen LogP contribution is -1.97. The standard InChI is InChI=1S/C8H6ClNO2/c9-7-2-1-6(4-11)8(3-7)10-5-12/h1-5H,(H,10,12). The molecule has 0 saturated carbocycles. The van der Waals surface area contributed by atoms with E-state index in [1.807, 2.05) is 0 Å². The van der Waals surface area contributed by atoms with Gasteiger partial charge in [0, 0.05) is 10.6 Å². The highest BCUT2D eigenvalue weighted by Crippen LogP contribution is 2.18. The highest BCUT2D eigenvalue weighted by Gasteiger charge is 2.00. The van der Waals surface area contributed by atoms with Crippen molar-refractivity contribution in [2.24, 2.45) is 0 Å². The van der Waals surface area contributed by atoms with E-state index in [1.165, 1.54) is 6.07 Å². The second kappa shape index (κ2) is 3.88. The van der Waals surface area contributed by atoms with Crippen LogP contribution >= 0.6 is 11.6 Å². The van der Waals surface area contributed by atoms with E-state index in [-0.39, 0.29) is 0 Å². The van der Waals surface area contributed by atoms with E-state index in [9.17, 15) is 9.59 Å². The van der Waals surface area contributed by atoms with E-state index < -0.39 is 0 Å². The minimum Gasteiger partial charge on any atom is -0.328 e. The van der Waals surface area contributed by atoms with Crippen LogP contribution < -0.4 is 5.32 Å². The van der Waals surface area contributed by atoms with Crippen LogP contribution in [-0.4, -0.2) is 12.7 Å². The van der Waals surface area contributed by atoms with Gasteiger partial charge in [0.2, 0.25) is 6.41 Å². The largest absolute Gasteiger partial charge is 0.328 e. The van der Waals surface area contributed by atoms with Crippen LogP contribution in [0.5, 0.6) is 0 Å². The predicted molar refractivity (Wildman–Crippen MR) is 46.5 cm³/mol. The SMILES string of the molecule is O=CNc1cc(Cl)ccc1C=O. The van der Waals surface area contributed by atoms with E-state index in [2.05, 4.69) is 5.32 Å². The number of aldehydes is 1. The maximum absolute atomic E-state index is 10.4. The van der Waals surface area contributed by atoms with Crippen molar-refractivity contribution in [1.29, 1.82) is 0 Å². The van der Waals surface area contributed by atoms with Crippen molar-refractivity contribution in [3.63, 3.8) is 0 Å².